The smallest absolute Gasteiger partial charge is 0.306 e. The van der Waals surface area contributed by atoms with Crippen LogP contribution in [0.15, 0.2) is 85.1 Å². The highest BCUT2D eigenvalue weighted by atomic mass is 16.6. The van der Waals surface area contributed by atoms with E-state index >= 15 is 0 Å². The van der Waals surface area contributed by atoms with Crippen molar-refractivity contribution in [3.63, 3.8) is 0 Å². The van der Waals surface area contributed by atoms with Crippen molar-refractivity contribution in [2.24, 2.45) is 0 Å². The SMILES string of the molecule is CC/C=C\C/C=C\C/C=C\C/C=C\C/C=C\CCCCCC(=O)OC(COC(=O)CCCCCCCCC/C=C\C/C=C\CCCCC)COC(=O)CCCCCCCCCCCCCCCCCCCCCCC. The molecule has 0 aromatic rings. The van der Waals surface area contributed by atoms with Crippen LogP contribution in [0.25, 0.3) is 0 Å². The average molecular weight is 1050 g/mol. The van der Waals surface area contributed by atoms with Gasteiger partial charge in [0.05, 0.1) is 0 Å². The van der Waals surface area contributed by atoms with Gasteiger partial charge in [-0.25, -0.2) is 0 Å². The van der Waals surface area contributed by atoms with E-state index in [4.69, 9.17) is 14.2 Å². The lowest BCUT2D eigenvalue weighted by molar-refractivity contribution is -0.167. The monoisotopic (exact) mass is 1040 g/mol. The first kappa shape index (κ1) is 71.6. The summed E-state index contributed by atoms with van der Waals surface area (Å²) in [5.74, 6) is -0.917. The first-order valence-electron chi connectivity index (χ1n) is 32.1. The van der Waals surface area contributed by atoms with Crippen LogP contribution in [0.3, 0.4) is 0 Å². The molecule has 0 aromatic heterocycles. The number of allylic oxidation sites excluding steroid dienone is 14. The molecule has 0 amide bonds. The predicted octanol–water partition coefficient (Wildman–Crippen LogP) is 21.9. The minimum atomic E-state index is -0.798. The van der Waals surface area contributed by atoms with Crippen LogP contribution in [0.5, 0.6) is 0 Å². The van der Waals surface area contributed by atoms with Crippen molar-refractivity contribution in [3.05, 3.63) is 85.1 Å². The maximum atomic E-state index is 12.9. The van der Waals surface area contributed by atoms with E-state index in [1.807, 2.05) is 0 Å². The molecular weight excluding hydrogens is 925 g/mol. The van der Waals surface area contributed by atoms with Crippen molar-refractivity contribution in [2.75, 3.05) is 13.2 Å². The van der Waals surface area contributed by atoms with Crippen LogP contribution in [0, 0.1) is 0 Å². The van der Waals surface area contributed by atoms with Gasteiger partial charge >= 0.3 is 17.9 Å². The molecule has 1 unspecified atom stereocenters. The summed E-state index contributed by atoms with van der Waals surface area (Å²) in [7, 11) is 0. The molecule has 432 valence electrons. The topological polar surface area (TPSA) is 78.9 Å². The molecule has 0 spiro atoms. The van der Waals surface area contributed by atoms with E-state index in [0.717, 1.165) is 109 Å². The summed E-state index contributed by atoms with van der Waals surface area (Å²) in [5, 5.41) is 0. The van der Waals surface area contributed by atoms with Gasteiger partial charge in [-0.2, -0.15) is 0 Å². The molecule has 0 saturated carbocycles. The van der Waals surface area contributed by atoms with Crippen molar-refractivity contribution < 1.29 is 28.6 Å². The molecule has 0 aliphatic carbocycles. The van der Waals surface area contributed by atoms with Crippen LogP contribution in [-0.4, -0.2) is 37.2 Å². The Bertz CT molecular complexity index is 1430. The van der Waals surface area contributed by atoms with E-state index in [9.17, 15) is 14.4 Å². The molecule has 0 aliphatic heterocycles. The zero-order valence-electron chi connectivity index (χ0n) is 49.6. The molecule has 0 aromatic carbocycles. The first-order valence-corrected chi connectivity index (χ1v) is 32.1. The van der Waals surface area contributed by atoms with E-state index in [1.54, 1.807) is 0 Å². The number of carbonyl (C=O) groups is 3. The van der Waals surface area contributed by atoms with Crippen LogP contribution in [0.2, 0.25) is 0 Å². The second kappa shape index (κ2) is 63.1. The summed E-state index contributed by atoms with van der Waals surface area (Å²) >= 11 is 0. The predicted molar refractivity (Wildman–Crippen MR) is 325 cm³/mol. The first-order chi connectivity index (χ1) is 37.0. The Morgan fingerprint density at radius 3 is 0.853 bits per heavy atom. The lowest BCUT2D eigenvalue weighted by Crippen LogP contribution is -2.30. The summed E-state index contributed by atoms with van der Waals surface area (Å²) in [6.45, 7) is 6.51. The number of hydrogen-bond donors (Lipinski definition) is 0. The van der Waals surface area contributed by atoms with Gasteiger partial charge in [-0.05, 0) is 96.3 Å². The van der Waals surface area contributed by atoms with Crippen LogP contribution in [0.1, 0.15) is 316 Å². The van der Waals surface area contributed by atoms with Gasteiger partial charge in [0, 0.05) is 19.3 Å². The molecule has 0 rings (SSSR count). The molecule has 6 heteroatoms. The van der Waals surface area contributed by atoms with Crippen LogP contribution in [0.4, 0.5) is 0 Å². The fraction of sp³-hybridized carbons (Fsp3) is 0.754. The molecular formula is C69H120O6. The second-order valence-electron chi connectivity index (χ2n) is 21.3. The fourth-order valence-corrected chi connectivity index (χ4v) is 9.09. The molecule has 1 atom stereocenters. The number of ether oxygens (including phenoxy) is 3. The maximum Gasteiger partial charge on any atom is 0.306 e. The minimum absolute atomic E-state index is 0.0901. The van der Waals surface area contributed by atoms with E-state index in [1.165, 1.54) is 167 Å². The molecule has 0 saturated heterocycles. The third-order valence-electron chi connectivity index (χ3n) is 13.9. The van der Waals surface area contributed by atoms with Crippen molar-refractivity contribution >= 4 is 17.9 Å². The van der Waals surface area contributed by atoms with Gasteiger partial charge in [0.2, 0.25) is 0 Å². The lowest BCUT2D eigenvalue weighted by Gasteiger charge is -2.18. The summed E-state index contributed by atoms with van der Waals surface area (Å²) < 4.78 is 16.9. The Labute approximate surface area is 465 Å². The molecule has 0 heterocycles. The standard InChI is InChI=1S/C69H120O6/c1-4-7-10-13-16-19-22-25-28-31-33-34-36-38-41-44-47-50-53-56-59-62-68(71)74-65-66(64-73-67(70)61-58-55-52-49-46-43-40-37-30-27-24-21-18-15-12-9-6-3)75-69(72)63-60-57-54-51-48-45-42-39-35-32-29-26-23-20-17-14-11-8-5-2/h8,11,17-18,20-21,26-27,29-30,35,39,45,48,66H,4-7,9-10,12-16,19,22-25,28,31-34,36-38,40-44,46-47,49-65H2,1-3H3/b11-8-,20-17-,21-18-,29-26-,30-27-,39-35-,48-45-. The number of unbranched alkanes of at least 4 members (excludes halogenated alkanes) is 33. The Hall–Kier alpha value is -3.41. The lowest BCUT2D eigenvalue weighted by atomic mass is 10.0. The van der Waals surface area contributed by atoms with Gasteiger partial charge in [-0.15, -0.1) is 0 Å². The molecule has 0 radical (unpaired) electrons. The molecule has 75 heavy (non-hydrogen) atoms. The molecule has 0 N–H and O–H groups in total. The van der Waals surface area contributed by atoms with E-state index in [-0.39, 0.29) is 37.5 Å². The van der Waals surface area contributed by atoms with Gasteiger partial charge < -0.3 is 14.2 Å². The number of esters is 3. The summed E-state index contributed by atoms with van der Waals surface area (Å²) in [6.07, 6.45) is 83.0. The second-order valence-corrected chi connectivity index (χ2v) is 21.3. The Kier molecular flexibility index (Phi) is 60.3. The average Bonchev–Trinajstić information content (AvgIpc) is 3.41. The Balaban J connectivity index is 4.41. The fourth-order valence-electron chi connectivity index (χ4n) is 9.09. The van der Waals surface area contributed by atoms with Crippen LogP contribution < -0.4 is 0 Å². The summed E-state index contributed by atoms with van der Waals surface area (Å²) in [4.78, 5) is 38.3. The third kappa shape index (κ3) is 61.3. The van der Waals surface area contributed by atoms with Gasteiger partial charge in [0.15, 0.2) is 6.10 Å². The minimum Gasteiger partial charge on any atom is -0.462 e. The van der Waals surface area contributed by atoms with E-state index in [2.05, 4.69) is 106 Å². The maximum absolute atomic E-state index is 12.9. The Morgan fingerprint density at radius 1 is 0.280 bits per heavy atom. The largest absolute Gasteiger partial charge is 0.462 e. The number of carbonyl (C=O) groups excluding carboxylic acids is 3. The normalized spacial score (nSPS) is 12.6. The van der Waals surface area contributed by atoms with Gasteiger partial charge in [-0.1, -0.05) is 286 Å². The van der Waals surface area contributed by atoms with Crippen molar-refractivity contribution in [1.82, 2.24) is 0 Å². The summed E-state index contributed by atoms with van der Waals surface area (Å²) in [6, 6.07) is 0. The van der Waals surface area contributed by atoms with Gasteiger partial charge in [0.1, 0.15) is 13.2 Å². The van der Waals surface area contributed by atoms with Crippen LogP contribution >= 0.6 is 0 Å². The quantitative estimate of drug-likeness (QED) is 0.0261. The zero-order valence-corrected chi connectivity index (χ0v) is 49.6. The van der Waals surface area contributed by atoms with E-state index in [0.29, 0.717) is 12.8 Å². The van der Waals surface area contributed by atoms with Crippen LogP contribution in [-0.2, 0) is 28.6 Å². The number of rotatable bonds is 58. The van der Waals surface area contributed by atoms with Crippen molar-refractivity contribution in [3.8, 4) is 0 Å². The van der Waals surface area contributed by atoms with Gasteiger partial charge in [-0.3, -0.25) is 14.4 Å². The zero-order chi connectivity index (χ0) is 54.3. The molecule has 0 bridgehead atoms. The van der Waals surface area contributed by atoms with Gasteiger partial charge in [0.25, 0.3) is 0 Å². The van der Waals surface area contributed by atoms with Crippen molar-refractivity contribution in [1.29, 1.82) is 0 Å². The summed E-state index contributed by atoms with van der Waals surface area (Å²) in [5.41, 5.74) is 0. The molecule has 0 aliphatic rings. The molecule has 6 nitrogen and oxygen atoms in total. The Morgan fingerprint density at radius 2 is 0.520 bits per heavy atom. The highest BCUT2D eigenvalue weighted by molar-refractivity contribution is 5.71. The van der Waals surface area contributed by atoms with Crippen molar-refractivity contribution in [2.45, 2.75) is 322 Å². The molecule has 0 fully saturated rings. The highest BCUT2D eigenvalue weighted by Crippen LogP contribution is 2.17. The highest BCUT2D eigenvalue weighted by Gasteiger charge is 2.19. The third-order valence-corrected chi connectivity index (χ3v) is 13.9. The van der Waals surface area contributed by atoms with E-state index < -0.39 is 6.10 Å². The number of hydrogen-bond acceptors (Lipinski definition) is 6.